The van der Waals surface area contributed by atoms with Gasteiger partial charge in [-0.05, 0) is 45.5 Å². The Kier molecular flexibility index (Phi) is 6.68. The van der Waals surface area contributed by atoms with E-state index in [0.717, 1.165) is 22.3 Å². The molecule has 0 saturated heterocycles. The van der Waals surface area contributed by atoms with Crippen molar-refractivity contribution in [2.75, 3.05) is 20.2 Å². The number of amides is 1. The van der Waals surface area contributed by atoms with Gasteiger partial charge in [0.05, 0.1) is 13.7 Å². The minimum atomic E-state index is -0.204. The van der Waals surface area contributed by atoms with Gasteiger partial charge in [-0.1, -0.05) is 22.9 Å². The molecule has 0 unspecified atom stereocenters. The maximum Gasteiger partial charge on any atom is 0.234 e. The lowest BCUT2D eigenvalue weighted by atomic mass is 10.1. The lowest BCUT2D eigenvalue weighted by Gasteiger charge is -2.25. The van der Waals surface area contributed by atoms with E-state index in [9.17, 15) is 4.79 Å². The van der Waals surface area contributed by atoms with E-state index < -0.39 is 0 Å². The zero-order valence-electron chi connectivity index (χ0n) is 13.5. The van der Waals surface area contributed by atoms with Gasteiger partial charge in [-0.15, -0.1) is 0 Å². The molecule has 118 valence electrons. The van der Waals surface area contributed by atoms with Crippen LogP contribution in [-0.4, -0.2) is 36.5 Å². The lowest BCUT2D eigenvalue weighted by molar-refractivity contribution is -0.123. The molecule has 0 radical (unpaired) electrons. The highest BCUT2D eigenvalue weighted by Gasteiger charge is 2.17. The van der Waals surface area contributed by atoms with Crippen LogP contribution >= 0.6 is 15.9 Å². The van der Waals surface area contributed by atoms with Crippen LogP contribution in [0, 0.1) is 0 Å². The van der Waals surface area contributed by atoms with Crippen LogP contribution in [-0.2, 0) is 11.3 Å². The second-order valence-corrected chi connectivity index (χ2v) is 6.97. The van der Waals surface area contributed by atoms with Crippen LogP contribution in [0.4, 0.5) is 0 Å². The zero-order chi connectivity index (χ0) is 16.0. The standard InChI is InChI=1S/C16H25BrN2O2/c1-6-19(11-15(20)18-16(2,3)4)10-12-9-13(17)7-8-14(12)21-5/h7-9H,6,10-11H2,1-5H3,(H,18,20). The highest BCUT2D eigenvalue weighted by molar-refractivity contribution is 9.10. The number of rotatable bonds is 6. The minimum absolute atomic E-state index is 0.0401. The SMILES string of the molecule is CCN(CC(=O)NC(C)(C)C)Cc1cc(Br)ccc1OC. The molecular weight excluding hydrogens is 332 g/mol. The summed E-state index contributed by atoms with van der Waals surface area (Å²) in [6, 6.07) is 5.91. The molecule has 1 aromatic carbocycles. The highest BCUT2D eigenvalue weighted by Crippen LogP contribution is 2.24. The number of benzene rings is 1. The van der Waals surface area contributed by atoms with E-state index in [4.69, 9.17) is 4.74 Å². The Balaban J connectivity index is 2.74. The zero-order valence-corrected chi connectivity index (χ0v) is 15.1. The van der Waals surface area contributed by atoms with Gasteiger partial charge in [0.25, 0.3) is 0 Å². The summed E-state index contributed by atoms with van der Waals surface area (Å²) in [5.41, 5.74) is 0.863. The average Bonchev–Trinajstić information content (AvgIpc) is 2.36. The van der Waals surface area contributed by atoms with Gasteiger partial charge in [0, 0.05) is 22.1 Å². The van der Waals surface area contributed by atoms with Gasteiger partial charge in [0.15, 0.2) is 0 Å². The van der Waals surface area contributed by atoms with Crippen molar-refractivity contribution in [3.8, 4) is 5.75 Å². The summed E-state index contributed by atoms with van der Waals surface area (Å²) in [4.78, 5) is 14.1. The Labute approximate surface area is 136 Å². The number of carbonyl (C=O) groups is 1. The van der Waals surface area contributed by atoms with Crippen LogP contribution in [0.5, 0.6) is 5.75 Å². The third kappa shape index (κ3) is 6.48. The number of methoxy groups -OCH3 is 1. The molecule has 0 aliphatic carbocycles. The van der Waals surface area contributed by atoms with Crippen LogP contribution in [0.3, 0.4) is 0 Å². The molecule has 1 N–H and O–H groups in total. The van der Waals surface area contributed by atoms with Crippen LogP contribution in [0.15, 0.2) is 22.7 Å². The van der Waals surface area contributed by atoms with Crippen molar-refractivity contribution in [3.63, 3.8) is 0 Å². The molecule has 1 amide bonds. The lowest BCUT2D eigenvalue weighted by Crippen LogP contribution is -2.45. The molecule has 0 aliphatic rings. The first-order chi connectivity index (χ1) is 9.75. The molecule has 0 spiro atoms. The molecule has 1 rings (SSSR count). The summed E-state index contributed by atoms with van der Waals surface area (Å²) >= 11 is 3.47. The summed E-state index contributed by atoms with van der Waals surface area (Å²) in [5.74, 6) is 0.881. The molecule has 4 nitrogen and oxygen atoms in total. The number of carbonyl (C=O) groups excluding carboxylic acids is 1. The Morgan fingerprint density at radius 1 is 1.38 bits per heavy atom. The fraction of sp³-hybridized carbons (Fsp3) is 0.562. The van der Waals surface area contributed by atoms with E-state index in [0.29, 0.717) is 13.1 Å². The normalized spacial score (nSPS) is 11.6. The fourth-order valence-corrected chi connectivity index (χ4v) is 2.46. The van der Waals surface area contributed by atoms with Crippen LogP contribution in [0.2, 0.25) is 0 Å². The number of hydrogen-bond acceptors (Lipinski definition) is 3. The Bertz CT molecular complexity index is 484. The summed E-state index contributed by atoms with van der Waals surface area (Å²) in [6.07, 6.45) is 0. The molecule has 21 heavy (non-hydrogen) atoms. The number of nitrogens with one attached hydrogen (secondary N) is 1. The Hall–Kier alpha value is -1.07. The molecule has 1 aromatic rings. The van der Waals surface area contributed by atoms with E-state index >= 15 is 0 Å². The van der Waals surface area contributed by atoms with Gasteiger partial charge < -0.3 is 10.1 Å². The van der Waals surface area contributed by atoms with Gasteiger partial charge in [-0.3, -0.25) is 9.69 Å². The number of hydrogen-bond donors (Lipinski definition) is 1. The maximum absolute atomic E-state index is 12.0. The first kappa shape index (κ1) is 18.0. The van der Waals surface area contributed by atoms with Crippen LogP contribution in [0.1, 0.15) is 33.3 Å². The van der Waals surface area contributed by atoms with Crippen molar-refractivity contribution < 1.29 is 9.53 Å². The molecule has 5 heteroatoms. The number of likely N-dealkylation sites (N-methyl/N-ethyl adjacent to an activating group) is 1. The second kappa shape index (κ2) is 7.80. The Morgan fingerprint density at radius 2 is 2.05 bits per heavy atom. The highest BCUT2D eigenvalue weighted by atomic mass is 79.9. The number of ether oxygens (including phenoxy) is 1. The topological polar surface area (TPSA) is 41.6 Å². The first-order valence-electron chi connectivity index (χ1n) is 7.11. The van der Waals surface area contributed by atoms with Crippen molar-refractivity contribution >= 4 is 21.8 Å². The predicted molar refractivity (Wildman–Crippen MR) is 89.5 cm³/mol. The predicted octanol–water partition coefficient (Wildman–Crippen LogP) is 3.19. The van der Waals surface area contributed by atoms with E-state index in [-0.39, 0.29) is 11.4 Å². The van der Waals surface area contributed by atoms with E-state index in [1.165, 1.54) is 0 Å². The molecular formula is C16H25BrN2O2. The smallest absolute Gasteiger partial charge is 0.234 e. The molecule has 0 fully saturated rings. The maximum atomic E-state index is 12.0. The van der Waals surface area contributed by atoms with Crippen molar-refractivity contribution in [2.45, 2.75) is 39.8 Å². The van der Waals surface area contributed by atoms with E-state index in [1.807, 2.05) is 39.0 Å². The summed E-state index contributed by atoms with van der Waals surface area (Å²) in [5, 5.41) is 2.99. The minimum Gasteiger partial charge on any atom is -0.496 e. The van der Waals surface area contributed by atoms with Crippen molar-refractivity contribution in [1.29, 1.82) is 0 Å². The van der Waals surface area contributed by atoms with Crippen LogP contribution in [0.25, 0.3) is 0 Å². The summed E-state index contributed by atoms with van der Waals surface area (Å²) in [6.45, 7) is 9.86. The van der Waals surface area contributed by atoms with Crippen LogP contribution < -0.4 is 10.1 Å². The third-order valence-electron chi connectivity index (χ3n) is 2.97. The fourth-order valence-electron chi connectivity index (χ4n) is 2.05. The second-order valence-electron chi connectivity index (χ2n) is 6.06. The van der Waals surface area contributed by atoms with E-state index in [1.54, 1.807) is 7.11 Å². The Morgan fingerprint density at radius 3 is 2.57 bits per heavy atom. The van der Waals surface area contributed by atoms with Gasteiger partial charge >= 0.3 is 0 Å². The molecule has 0 heterocycles. The van der Waals surface area contributed by atoms with Gasteiger partial charge in [-0.2, -0.15) is 0 Å². The summed E-state index contributed by atoms with van der Waals surface area (Å²) < 4.78 is 6.39. The molecule has 0 aromatic heterocycles. The van der Waals surface area contributed by atoms with Gasteiger partial charge in [0.1, 0.15) is 5.75 Å². The van der Waals surface area contributed by atoms with Gasteiger partial charge in [-0.25, -0.2) is 0 Å². The van der Waals surface area contributed by atoms with Crippen molar-refractivity contribution in [3.05, 3.63) is 28.2 Å². The molecule has 0 bridgehead atoms. The molecule has 0 atom stereocenters. The van der Waals surface area contributed by atoms with Crippen molar-refractivity contribution in [2.24, 2.45) is 0 Å². The molecule has 0 aliphatic heterocycles. The number of halogens is 1. The van der Waals surface area contributed by atoms with Gasteiger partial charge in [0.2, 0.25) is 5.91 Å². The van der Waals surface area contributed by atoms with E-state index in [2.05, 4.69) is 33.1 Å². The molecule has 0 saturated carbocycles. The number of nitrogens with zero attached hydrogens (tertiary/aromatic N) is 1. The van der Waals surface area contributed by atoms with Crippen molar-refractivity contribution in [1.82, 2.24) is 10.2 Å². The quantitative estimate of drug-likeness (QED) is 0.850. The third-order valence-corrected chi connectivity index (χ3v) is 3.46. The largest absolute Gasteiger partial charge is 0.496 e. The first-order valence-corrected chi connectivity index (χ1v) is 7.90. The monoisotopic (exact) mass is 356 g/mol. The average molecular weight is 357 g/mol. The summed E-state index contributed by atoms with van der Waals surface area (Å²) in [7, 11) is 1.66.